The molecule has 1 N–H and O–H groups in total. The number of thioether (sulfide) groups is 1. The highest BCUT2D eigenvalue weighted by Gasteiger charge is 2.54. The number of ketones is 1. The minimum absolute atomic E-state index is 0.0124. The van der Waals surface area contributed by atoms with Crippen molar-refractivity contribution in [2.75, 3.05) is 31.8 Å². The molecule has 278 valence electrons. The van der Waals surface area contributed by atoms with E-state index < -0.39 is 52.8 Å². The van der Waals surface area contributed by atoms with Gasteiger partial charge in [0.2, 0.25) is 5.91 Å². The number of piperazine rings is 1. The molecular weight excluding hydrogens is 742 g/mol. The van der Waals surface area contributed by atoms with Crippen molar-refractivity contribution in [3.63, 3.8) is 0 Å². The van der Waals surface area contributed by atoms with Crippen molar-refractivity contribution in [3.8, 4) is 5.75 Å². The van der Waals surface area contributed by atoms with Gasteiger partial charge in [0.25, 0.3) is 0 Å². The predicted octanol–water partition coefficient (Wildman–Crippen LogP) is 4.43. The molecule has 16 heteroatoms. The first-order valence-corrected chi connectivity index (χ1v) is 19.3. The number of ether oxygens (including phenoxy) is 2. The van der Waals surface area contributed by atoms with Crippen LogP contribution in [0.4, 0.5) is 4.79 Å². The second-order valence-electron chi connectivity index (χ2n) is 13.0. The molecule has 5 amide bonds. The normalized spacial score (nSPS) is 19.1. The minimum Gasteiger partial charge on any atom is -0.497 e. The summed E-state index contributed by atoms with van der Waals surface area (Å²) in [5, 5.41) is 4.35. The van der Waals surface area contributed by atoms with Gasteiger partial charge in [0.05, 0.1) is 29.1 Å². The Kier molecular flexibility index (Phi) is 11.5. The average Bonchev–Trinajstić information content (AvgIpc) is 3.59. The number of imide groups is 1. The van der Waals surface area contributed by atoms with Crippen LogP contribution in [-0.4, -0.2) is 92.4 Å². The van der Waals surface area contributed by atoms with Gasteiger partial charge in [-0.05, 0) is 60.7 Å². The number of aromatic nitrogens is 1. The highest BCUT2D eigenvalue weighted by atomic mass is 35.5. The molecule has 53 heavy (non-hydrogen) atoms. The fraction of sp³-hybridized carbons (Fsp3) is 0.378. The molecular formula is C37H38ClN5O8S2. The number of rotatable bonds is 12. The molecule has 2 fully saturated rings. The van der Waals surface area contributed by atoms with E-state index in [2.05, 4.69) is 10.3 Å². The van der Waals surface area contributed by atoms with Gasteiger partial charge in [-0.3, -0.25) is 29.0 Å². The third kappa shape index (κ3) is 7.97. The number of alkyl halides is 1. The van der Waals surface area contributed by atoms with Crippen LogP contribution in [0.3, 0.4) is 0 Å². The first-order chi connectivity index (χ1) is 25.4. The van der Waals surface area contributed by atoms with Gasteiger partial charge >= 0.3 is 23.8 Å². The lowest BCUT2D eigenvalue weighted by Gasteiger charge is -2.49. The number of fused-ring (bicyclic) bond motifs is 1. The second-order valence-corrected chi connectivity index (χ2v) is 15.4. The summed E-state index contributed by atoms with van der Waals surface area (Å²) in [4.78, 5) is 88.6. The number of carbonyl (C=O) groups is 6. The molecule has 4 heterocycles. The van der Waals surface area contributed by atoms with Crippen LogP contribution in [0, 0.1) is 26.7 Å². The summed E-state index contributed by atoms with van der Waals surface area (Å²) in [5.41, 5.74) is 4.63. The lowest BCUT2D eigenvalue weighted by atomic mass is 9.88. The molecule has 0 bridgehead atoms. The monoisotopic (exact) mass is 779 g/mol. The zero-order valence-corrected chi connectivity index (χ0v) is 31.9. The summed E-state index contributed by atoms with van der Waals surface area (Å²) < 4.78 is 10.7. The van der Waals surface area contributed by atoms with Gasteiger partial charge in [0.1, 0.15) is 24.1 Å². The molecule has 0 aliphatic carbocycles. The lowest BCUT2D eigenvalue weighted by Crippen LogP contribution is -2.62. The first-order valence-electron chi connectivity index (χ1n) is 16.8. The van der Waals surface area contributed by atoms with E-state index in [4.69, 9.17) is 21.1 Å². The van der Waals surface area contributed by atoms with Crippen LogP contribution in [0.5, 0.6) is 5.75 Å². The van der Waals surface area contributed by atoms with Crippen LogP contribution in [0.1, 0.15) is 45.4 Å². The summed E-state index contributed by atoms with van der Waals surface area (Å²) in [7, 11) is 1.55. The van der Waals surface area contributed by atoms with Crippen LogP contribution in [0.15, 0.2) is 59.1 Å². The summed E-state index contributed by atoms with van der Waals surface area (Å²) in [6, 6.07) is 10.6. The van der Waals surface area contributed by atoms with Crippen molar-refractivity contribution in [2.24, 2.45) is 5.92 Å². The number of methoxy groups -OCH3 is 1. The number of hydrogen-bond donors (Lipinski definition) is 1. The maximum Gasteiger partial charge on any atom is 0.355 e. The van der Waals surface area contributed by atoms with E-state index >= 15 is 0 Å². The Morgan fingerprint density at radius 1 is 1.00 bits per heavy atom. The van der Waals surface area contributed by atoms with Crippen LogP contribution in [0.25, 0.3) is 0 Å². The highest BCUT2D eigenvalue weighted by molar-refractivity contribution is 8.00. The lowest BCUT2D eigenvalue weighted by molar-refractivity contribution is -0.156. The number of Topliss-reactive ketones (excluding diaryl/α,β-unsaturated/α-hetero) is 1. The number of nitrogens with one attached hydrogen (secondary N) is 1. The number of β-lactam (4-membered cyclic amide) rings is 1. The van der Waals surface area contributed by atoms with E-state index in [0.29, 0.717) is 22.1 Å². The molecule has 3 aliphatic rings. The molecule has 13 nitrogen and oxygen atoms in total. The molecule has 0 radical (unpaired) electrons. The molecule has 1 unspecified atom stereocenters. The number of benzene rings is 2. The number of esters is 1. The number of thiazole rings is 1. The fourth-order valence-electron chi connectivity index (χ4n) is 6.36. The summed E-state index contributed by atoms with van der Waals surface area (Å²) >= 11 is 8.85. The van der Waals surface area contributed by atoms with Crippen LogP contribution < -0.4 is 10.1 Å². The first kappa shape index (κ1) is 38.0. The van der Waals surface area contributed by atoms with Crippen LogP contribution in [-0.2, 0) is 41.9 Å². The van der Waals surface area contributed by atoms with Crippen LogP contribution in [0.2, 0.25) is 0 Å². The van der Waals surface area contributed by atoms with E-state index in [1.54, 1.807) is 43.7 Å². The van der Waals surface area contributed by atoms with Gasteiger partial charge in [-0.2, -0.15) is 0 Å². The minimum atomic E-state index is -1.29. The summed E-state index contributed by atoms with van der Waals surface area (Å²) in [5.74, 6) is -3.26. The average molecular weight is 780 g/mol. The van der Waals surface area contributed by atoms with Gasteiger partial charge in [-0.25, -0.2) is 14.6 Å². The van der Waals surface area contributed by atoms with E-state index in [1.165, 1.54) is 32.9 Å². The Hall–Kier alpha value is -4.73. The molecule has 3 atom stereocenters. The number of hydrogen-bond acceptors (Lipinski definition) is 11. The Morgan fingerprint density at radius 2 is 1.74 bits per heavy atom. The second kappa shape index (κ2) is 16.1. The predicted molar refractivity (Wildman–Crippen MR) is 198 cm³/mol. The topological polar surface area (TPSA) is 156 Å². The zero-order valence-electron chi connectivity index (χ0n) is 29.5. The number of nitrogens with zero attached hydrogens (tertiary/aromatic N) is 4. The van der Waals surface area contributed by atoms with E-state index in [9.17, 15) is 28.8 Å². The van der Waals surface area contributed by atoms with Crippen LogP contribution >= 0.6 is 34.7 Å². The van der Waals surface area contributed by atoms with E-state index in [1.807, 2.05) is 32.0 Å². The van der Waals surface area contributed by atoms with Gasteiger partial charge in [-0.15, -0.1) is 34.7 Å². The van der Waals surface area contributed by atoms with Crippen molar-refractivity contribution >= 4 is 70.2 Å². The number of carbonyl (C=O) groups excluding carboxylic acids is 6. The van der Waals surface area contributed by atoms with Gasteiger partial charge in [-0.1, -0.05) is 30.3 Å². The Balaban J connectivity index is 1.11. The zero-order chi connectivity index (χ0) is 38.0. The molecule has 0 saturated carbocycles. The van der Waals surface area contributed by atoms with Crippen molar-refractivity contribution in [3.05, 3.63) is 92.1 Å². The summed E-state index contributed by atoms with van der Waals surface area (Å²) in [6.45, 7) is 5.93. The molecule has 0 spiro atoms. The molecule has 2 aromatic carbocycles. The molecule has 1 aromatic heterocycles. The van der Waals surface area contributed by atoms with Gasteiger partial charge in [0, 0.05) is 43.1 Å². The van der Waals surface area contributed by atoms with Crippen molar-refractivity contribution < 1.29 is 38.2 Å². The third-order valence-electron chi connectivity index (χ3n) is 9.48. The van der Waals surface area contributed by atoms with E-state index in [0.717, 1.165) is 27.2 Å². The Labute approximate surface area is 319 Å². The van der Waals surface area contributed by atoms with Crippen molar-refractivity contribution in [1.29, 1.82) is 0 Å². The largest absolute Gasteiger partial charge is 0.497 e. The van der Waals surface area contributed by atoms with Gasteiger partial charge < -0.3 is 19.7 Å². The maximum absolute atomic E-state index is 13.9. The maximum atomic E-state index is 13.9. The molecule has 6 rings (SSSR count). The van der Waals surface area contributed by atoms with Crippen molar-refractivity contribution in [1.82, 2.24) is 25.0 Å². The SMILES string of the molecule is COc1ccc(COC(=O)C2=C(CCl)CS[C@@H]3[C@H](CC(=O)C(NC(=O)N4CCN(Cc5ccc(C)c(C)c5)C(=O)C4=O)c4csc(C)n4)C(=O)N23)cc1. The van der Waals surface area contributed by atoms with Crippen molar-refractivity contribution in [2.45, 2.75) is 51.8 Å². The Morgan fingerprint density at radius 3 is 2.40 bits per heavy atom. The Bertz CT molecular complexity index is 2000. The standard InChI is InChI=1S/C37H38ClN5O8S2/c1-20-5-6-24(13-21(20)2)16-41-11-12-42(34(47)33(41)46)37(49)40-30(28-19-52-22(3)39-28)29(44)14-27-32(45)43-31(25(15-38)18-53-35(27)43)36(48)51-17-23-7-9-26(50-4)10-8-23/h5-10,13,19,27,30,35H,11-12,14-18H2,1-4H3,(H,40,49)/t27-,30?,35-/m1/s1. The van der Waals surface area contributed by atoms with E-state index in [-0.39, 0.29) is 49.9 Å². The summed E-state index contributed by atoms with van der Waals surface area (Å²) in [6.07, 6.45) is -0.268. The molecule has 3 aliphatic heterocycles. The third-order valence-corrected chi connectivity index (χ3v) is 12.0. The number of halogens is 1. The number of urea groups is 1. The smallest absolute Gasteiger partial charge is 0.355 e. The quantitative estimate of drug-likeness (QED) is 0.121. The number of amides is 5. The fourth-order valence-corrected chi connectivity index (χ4v) is 8.74. The highest BCUT2D eigenvalue weighted by Crippen LogP contribution is 2.46. The number of aryl methyl sites for hydroxylation is 3. The molecule has 3 aromatic rings. The molecule has 2 saturated heterocycles. The van der Waals surface area contributed by atoms with Gasteiger partial charge in [0.15, 0.2) is 5.78 Å².